The summed E-state index contributed by atoms with van der Waals surface area (Å²) in [5, 5.41) is 0. The summed E-state index contributed by atoms with van der Waals surface area (Å²) < 4.78 is 41.4. The maximum atomic E-state index is 13.3. The highest BCUT2D eigenvalue weighted by atomic mass is 32.2. The number of halogens is 2. The lowest BCUT2D eigenvalue weighted by molar-refractivity contribution is 0.508. The second-order valence-corrected chi connectivity index (χ2v) is 7.72. The van der Waals surface area contributed by atoms with E-state index in [9.17, 15) is 13.0 Å². The third-order valence-electron chi connectivity index (χ3n) is 4.46. The Morgan fingerprint density at radius 2 is 1.83 bits per heavy atom. The maximum Gasteiger partial charge on any atom is 0.159 e. The van der Waals surface area contributed by atoms with Crippen LogP contribution in [0.3, 0.4) is 0 Å². The summed E-state index contributed by atoms with van der Waals surface area (Å²) in [4.78, 5) is 8.40. The SMILES string of the molecule is CNS(=O)c1ccccc1-c1ccc2nc(/C=C/c3ccc(F)c(F)c3)[nH]c2c1. The summed E-state index contributed by atoms with van der Waals surface area (Å²) in [6, 6.07) is 17.0. The van der Waals surface area contributed by atoms with E-state index in [1.165, 1.54) is 6.07 Å². The summed E-state index contributed by atoms with van der Waals surface area (Å²) in [6.07, 6.45) is 3.36. The average molecular weight is 409 g/mol. The van der Waals surface area contributed by atoms with Crippen LogP contribution in [0.25, 0.3) is 34.3 Å². The number of imidazole rings is 1. The molecule has 3 aromatic carbocycles. The molecule has 1 atom stereocenters. The van der Waals surface area contributed by atoms with Crippen LogP contribution in [-0.4, -0.2) is 21.2 Å². The summed E-state index contributed by atoms with van der Waals surface area (Å²) in [5.41, 5.74) is 3.91. The van der Waals surface area contributed by atoms with Crippen LogP contribution in [0.1, 0.15) is 11.4 Å². The number of aromatic amines is 1. The minimum atomic E-state index is -1.30. The molecule has 0 aliphatic heterocycles. The van der Waals surface area contributed by atoms with Gasteiger partial charge in [-0.15, -0.1) is 0 Å². The Labute approximate surface area is 168 Å². The van der Waals surface area contributed by atoms with Crippen molar-refractivity contribution in [2.45, 2.75) is 4.90 Å². The largest absolute Gasteiger partial charge is 0.338 e. The Kier molecular flexibility index (Phi) is 5.33. The van der Waals surface area contributed by atoms with Crippen LogP contribution in [0.4, 0.5) is 8.78 Å². The first-order chi connectivity index (χ1) is 14.0. The molecule has 0 spiro atoms. The van der Waals surface area contributed by atoms with Gasteiger partial charge in [0.2, 0.25) is 0 Å². The number of nitrogens with zero attached hydrogens (tertiary/aromatic N) is 1. The molecule has 0 fully saturated rings. The van der Waals surface area contributed by atoms with Gasteiger partial charge in [0.1, 0.15) is 16.8 Å². The fraction of sp³-hybridized carbons (Fsp3) is 0.0455. The van der Waals surface area contributed by atoms with Crippen LogP contribution >= 0.6 is 0 Å². The van der Waals surface area contributed by atoms with Gasteiger partial charge >= 0.3 is 0 Å². The quantitative estimate of drug-likeness (QED) is 0.492. The van der Waals surface area contributed by atoms with Crippen molar-refractivity contribution in [1.82, 2.24) is 14.7 Å². The van der Waals surface area contributed by atoms with Crippen LogP contribution in [0.5, 0.6) is 0 Å². The molecule has 29 heavy (non-hydrogen) atoms. The third-order valence-corrected chi connectivity index (χ3v) is 5.59. The summed E-state index contributed by atoms with van der Waals surface area (Å²) in [5.74, 6) is -1.18. The standard InChI is InChI=1S/C22H17F2N3OS/c1-25-29(28)21-5-3-2-4-16(21)15-8-10-19-20(13-15)27-22(26-19)11-7-14-6-9-17(23)18(24)12-14/h2-13,25H,1H3,(H,26,27)/b11-7+. The number of hydrogen-bond acceptors (Lipinski definition) is 2. The summed E-state index contributed by atoms with van der Waals surface area (Å²) >= 11 is 0. The van der Waals surface area contributed by atoms with E-state index >= 15 is 0 Å². The smallest absolute Gasteiger partial charge is 0.159 e. The van der Waals surface area contributed by atoms with Crippen LogP contribution in [-0.2, 0) is 11.0 Å². The highest BCUT2D eigenvalue weighted by molar-refractivity contribution is 7.83. The van der Waals surface area contributed by atoms with Crippen LogP contribution in [0, 0.1) is 11.6 Å². The van der Waals surface area contributed by atoms with Crippen molar-refractivity contribution in [1.29, 1.82) is 0 Å². The zero-order chi connectivity index (χ0) is 20.4. The van der Waals surface area contributed by atoms with Gasteiger partial charge < -0.3 is 4.98 Å². The molecule has 0 bridgehead atoms. The van der Waals surface area contributed by atoms with E-state index in [1.54, 1.807) is 19.2 Å². The van der Waals surface area contributed by atoms with Gasteiger partial charge in [-0.3, -0.25) is 0 Å². The summed E-state index contributed by atoms with van der Waals surface area (Å²) in [6.45, 7) is 0. The van der Waals surface area contributed by atoms with Gasteiger partial charge in [0.25, 0.3) is 0 Å². The molecule has 4 aromatic rings. The minimum absolute atomic E-state index is 0.536. The summed E-state index contributed by atoms with van der Waals surface area (Å²) in [7, 11) is 0.346. The van der Waals surface area contributed by atoms with Crippen LogP contribution in [0.15, 0.2) is 65.6 Å². The topological polar surface area (TPSA) is 57.8 Å². The Morgan fingerprint density at radius 1 is 1.00 bits per heavy atom. The van der Waals surface area contributed by atoms with E-state index in [0.29, 0.717) is 16.3 Å². The molecule has 0 amide bonds. The molecule has 0 aliphatic carbocycles. The van der Waals surface area contributed by atoms with E-state index < -0.39 is 22.6 Å². The molecule has 0 aliphatic rings. The van der Waals surface area contributed by atoms with Crippen LogP contribution < -0.4 is 4.72 Å². The number of H-pyrrole nitrogens is 1. The maximum absolute atomic E-state index is 13.3. The molecular formula is C22H17F2N3OS. The van der Waals surface area contributed by atoms with E-state index in [1.807, 2.05) is 42.5 Å². The fourth-order valence-corrected chi connectivity index (χ4v) is 3.85. The Hall–Kier alpha value is -3.16. The number of nitrogens with one attached hydrogen (secondary N) is 2. The molecule has 0 saturated carbocycles. The molecule has 4 rings (SSSR count). The van der Waals surface area contributed by atoms with E-state index in [-0.39, 0.29) is 0 Å². The minimum Gasteiger partial charge on any atom is -0.338 e. The van der Waals surface area contributed by atoms with Gasteiger partial charge in [0, 0.05) is 0 Å². The molecule has 146 valence electrons. The lowest BCUT2D eigenvalue weighted by Crippen LogP contribution is -2.11. The number of hydrogen-bond donors (Lipinski definition) is 2. The zero-order valence-electron chi connectivity index (χ0n) is 15.4. The van der Waals surface area contributed by atoms with Gasteiger partial charge in [0.05, 0.1) is 15.9 Å². The van der Waals surface area contributed by atoms with Crippen LogP contribution in [0.2, 0.25) is 0 Å². The van der Waals surface area contributed by atoms with Gasteiger partial charge in [-0.1, -0.05) is 36.4 Å². The Balaban J connectivity index is 1.67. The first-order valence-electron chi connectivity index (χ1n) is 8.86. The second kappa shape index (κ2) is 8.06. The van der Waals surface area contributed by atoms with E-state index in [0.717, 1.165) is 34.3 Å². The first-order valence-corrected chi connectivity index (χ1v) is 10.0. The molecule has 0 saturated heterocycles. The lowest BCUT2D eigenvalue weighted by Gasteiger charge is -2.08. The molecule has 4 nitrogen and oxygen atoms in total. The van der Waals surface area contributed by atoms with Gasteiger partial charge in [0.15, 0.2) is 11.6 Å². The van der Waals surface area contributed by atoms with E-state index in [2.05, 4.69) is 14.7 Å². The number of rotatable bonds is 5. The number of fused-ring (bicyclic) bond motifs is 1. The molecule has 1 aromatic heterocycles. The highest BCUT2D eigenvalue weighted by Gasteiger charge is 2.11. The highest BCUT2D eigenvalue weighted by Crippen LogP contribution is 2.28. The Bertz CT molecular complexity index is 1250. The van der Waals surface area contributed by atoms with Crippen molar-refractivity contribution in [2.75, 3.05) is 7.05 Å². The molecule has 1 unspecified atom stereocenters. The third kappa shape index (κ3) is 4.01. The molecule has 0 radical (unpaired) electrons. The van der Waals surface area contributed by atoms with Crippen molar-refractivity contribution in [3.8, 4) is 11.1 Å². The van der Waals surface area contributed by atoms with Crippen molar-refractivity contribution in [2.24, 2.45) is 0 Å². The predicted octanol–water partition coefficient (Wildman–Crippen LogP) is 4.92. The van der Waals surface area contributed by atoms with Crippen molar-refractivity contribution < 1.29 is 13.0 Å². The molecular weight excluding hydrogens is 392 g/mol. The van der Waals surface area contributed by atoms with Crippen molar-refractivity contribution >= 4 is 34.2 Å². The second-order valence-electron chi connectivity index (χ2n) is 6.33. The van der Waals surface area contributed by atoms with E-state index in [4.69, 9.17) is 0 Å². The van der Waals surface area contributed by atoms with Gasteiger partial charge in [-0.2, -0.15) is 0 Å². The zero-order valence-corrected chi connectivity index (χ0v) is 16.3. The normalized spacial score (nSPS) is 12.7. The molecule has 7 heteroatoms. The monoisotopic (exact) mass is 409 g/mol. The lowest BCUT2D eigenvalue weighted by atomic mass is 10.1. The Morgan fingerprint density at radius 3 is 2.62 bits per heavy atom. The van der Waals surface area contributed by atoms with Crippen molar-refractivity contribution in [3.05, 3.63) is 83.7 Å². The molecule has 1 heterocycles. The predicted molar refractivity (Wildman–Crippen MR) is 112 cm³/mol. The van der Waals surface area contributed by atoms with Gasteiger partial charge in [-0.25, -0.2) is 22.7 Å². The first kappa shape index (κ1) is 19.2. The van der Waals surface area contributed by atoms with Crippen molar-refractivity contribution in [3.63, 3.8) is 0 Å². The number of aromatic nitrogens is 2. The average Bonchev–Trinajstić information content (AvgIpc) is 3.16. The molecule has 2 N–H and O–H groups in total. The number of benzene rings is 3. The fourth-order valence-electron chi connectivity index (χ4n) is 3.04. The van der Waals surface area contributed by atoms with Gasteiger partial charge in [-0.05, 0) is 60.1 Å².